The Balaban J connectivity index is 1.23. The molecule has 7 aromatic carbocycles. The molecule has 0 bridgehead atoms. The fourth-order valence-corrected chi connectivity index (χ4v) is 13.3. The van der Waals surface area contributed by atoms with Crippen molar-refractivity contribution in [1.82, 2.24) is 0 Å². The summed E-state index contributed by atoms with van der Waals surface area (Å²) in [4.78, 5) is 8.07. The molecule has 2 unspecified atom stereocenters. The molecule has 4 nitrogen and oxygen atoms in total. The van der Waals surface area contributed by atoms with Crippen molar-refractivity contribution in [2.75, 3.05) is 14.7 Å². The van der Waals surface area contributed by atoms with E-state index in [9.17, 15) is 0 Å². The zero-order chi connectivity index (χ0) is 48.3. The first-order valence-corrected chi connectivity index (χ1v) is 25.7. The first-order valence-electron chi connectivity index (χ1n) is 25.7. The van der Waals surface area contributed by atoms with Crippen LogP contribution in [0, 0.1) is 13.8 Å². The molecular formula is C64H68BN3O. The molecule has 2 atom stereocenters. The monoisotopic (exact) mass is 906 g/mol. The van der Waals surface area contributed by atoms with Crippen molar-refractivity contribution in [2.45, 2.75) is 143 Å². The number of rotatable bonds is 3. The molecule has 0 amide bonds. The number of hydrogen-bond acceptors (Lipinski definition) is 4. The minimum Gasteiger partial charge on any atom is -0.456 e. The lowest BCUT2D eigenvalue weighted by atomic mass is 9.33. The number of nitrogens with zero attached hydrogens (tertiary/aromatic N) is 3. The van der Waals surface area contributed by atoms with Gasteiger partial charge < -0.3 is 19.1 Å². The Kier molecular flexibility index (Phi) is 9.36. The van der Waals surface area contributed by atoms with Crippen molar-refractivity contribution in [3.05, 3.63) is 161 Å². The molecule has 0 radical (unpaired) electrons. The van der Waals surface area contributed by atoms with E-state index in [0.717, 1.165) is 34.0 Å². The third-order valence-electron chi connectivity index (χ3n) is 17.2. The first kappa shape index (κ1) is 44.0. The summed E-state index contributed by atoms with van der Waals surface area (Å²) in [5, 5.41) is 2.29. The number of anilines is 8. The van der Waals surface area contributed by atoms with Crippen LogP contribution in [0.2, 0.25) is 0 Å². The van der Waals surface area contributed by atoms with Crippen LogP contribution in [-0.2, 0) is 21.7 Å². The number of para-hydroxylation sites is 1. The third kappa shape index (κ3) is 6.40. The molecule has 0 N–H and O–H groups in total. The quantitative estimate of drug-likeness (QED) is 0.165. The van der Waals surface area contributed by atoms with E-state index in [0.29, 0.717) is 0 Å². The van der Waals surface area contributed by atoms with Gasteiger partial charge in [-0.2, -0.15) is 0 Å². The smallest absolute Gasteiger partial charge is 0.252 e. The van der Waals surface area contributed by atoms with Crippen LogP contribution in [0.4, 0.5) is 45.5 Å². The Morgan fingerprint density at radius 1 is 0.493 bits per heavy atom. The molecule has 69 heavy (non-hydrogen) atoms. The predicted octanol–water partition coefficient (Wildman–Crippen LogP) is 15.9. The van der Waals surface area contributed by atoms with Crippen LogP contribution in [0.5, 0.6) is 0 Å². The summed E-state index contributed by atoms with van der Waals surface area (Å²) in [6.07, 6.45) is 4.78. The highest BCUT2D eigenvalue weighted by atomic mass is 16.3. The van der Waals surface area contributed by atoms with Crippen molar-refractivity contribution in [1.29, 1.82) is 0 Å². The summed E-state index contributed by atoms with van der Waals surface area (Å²) >= 11 is 0. The number of fused-ring (bicyclic) bond motifs is 10. The molecule has 8 aromatic rings. The van der Waals surface area contributed by atoms with Gasteiger partial charge in [0.1, 0.15) is 11.2 Å². The number of furan rings is 1. The van der Waals surface area contributed by atoms with Gasteiger partial charge in [-0.05, 0) is 160 Å². The molecule has 348 valence electrons. The molecule has 5 heteroatoms. The lowest BCUT2D eigenvalue weighted by Gasteiger charge is -2.51. The van der Waals surface area contributed by atoms with E-state index in [1.807, 2.05) is 0 Å². The minimum atomic E-state index is -0.139. The third-order valence-corrected chi connectivity index (χ3v) is 17.2. The fourth-order valence-electron chi connectivity index (χ4n) is 13.3. The molecule has 0 spiro atoms. The van der Waals surface area contributed by atoms with Gasteiger partial charge in [-0.25, -0.2) is 0 Å². The molecule has 1 saturated carbocycles. The van der Waals surface area contributed by atoms with Gasteiger partial charge in [-0.15, -0.1) is 0 Å². The predicted molar refractivity (Wildman–Crippen MR) is 296 cm³/mol. The van der Waals surface area contributed by atoms with E-state index >= 15 is 0 Å². The van der Waals surface area contributed by atoms with Crippen LogP contribution in [-0.4, -0.2) is 12.3 Å². The summed E-state index contributed by atoms with van der Waals surface area (Å²) < 4.78 is 6.72. The Morgan fingerprint density at radius 3 is 1.71 bits per heavy atom. The summed E-state index contributed by atoms with van der Waals surface area (Å²) in [6.45, 7) is 30.9. The van der Waals surface area contributed by atoms with E-state index in [4.69, 9.17) is 4.42 Å². The molecular weight excluding hydrogens is 838 g/mol. The van der Waals surface area contributed by atoms with Crippen molar-refractivity contribution in [3.63, 3.8) is 0 Å². The molecule has 4 aliphatic rings. The highest BCUT2D eigenvalue weighted by Crippen LogP contribution is 2.63. The van der Waals surface area contributed by atoms with E-state index in [-0.39, 0.29) is 33.9 Å². The van der Waals surface area contributed by atoms with E-state index in [2.05, 4.69) is 232 Å². The Morgan fingerprint density at radius 2 is 1.07 bits per heavy atom. The van der Waals surface area contributed by atoms with E-state index in [1.165, 1.54) is 109 Å². The van der Waals surface area contributed by atoms with Gasteiger partial charge in [-0.3, -0.25) is 0 Å². The second-order valence-corrected chi connectivity index (χ2v) is 24.8. The maximum Gasteiger partial charge on any atom is 0.252 e. The minimum absolute atomic E-state index is 0.00352. The van der Waals surface area contributed by atoms with Crippen LogP contribution < -0.4 is 31.1 Å². The topological polar surface area (TPSA) is 22.9 Å². The summed E-state index contributed by atoms with van der Waals surface area (Å²) in [6, 6.07) is 49.7. The number of aryl methyl sites for hydroxylation is 2. The summed E-state index contributed by atoms with van der Waals surface area (Å²) in [5.41, 5.74) is 23.7. The lowest BCUT2D eigenvalue weighted by Crippen LogP contribution is -2.61. The van der Waals surface area contributed by atoms with Crippen LogP contribution in [0.3, 0.4) is 0 Å². The number of benzene rings is 7. The van der Waals surface area contributed by atoms with Crippen molar-refractivity contribution < 1.29 is 4.42 Å². The Bertz CT molecular complexity index is 3450. The average molecular weight is 906 g/mol. The van der Waals surface area contributed by atoms with Gasteiger partial charge in [-0.1, -0.05) is 143 Å². The second kappa shape index (κ2) is 14.7. The Labute approximate surface area is 411 Å². The van der Waals surface area contributed by atoms with Crippen LogP contribution in [0.1, 0.15) is 135 Å². The van der Waals surface area contributed by atoms with E-state index < -0.39 is 0 Å². The molecule has 12 rings (SSSR count). The second-order valence-electron chi connectivity index (χ2n) is 24.8. The molecule has 4 heterocycles. The average Bonchev–Trinajstić information content (AvgIpc) is 3.76. The zero-order valence-electron chi connectivity index (χ0n) is 43.3. The summed E-state index contributed by atoms with van der Waals surface area (Å²) in [7, 11) is 0. The van der Waals surface area contributed by atoms with Gasteiger partial charge in [0.2, 0.25) is 0 Å². The van der Waals surface area contributed by atoms with Crippen molar-refractivity contribution in [3.8, 4) is 0 Å². The molecule has 1 fully saturated rings. The molecule has 0 saturated heterocycles. The highest BCUT2D eigenvalue weighted by molar-refractivity contribution is 7.00. The molecule has 1 aromatic heterocycles. The van der Waals surface area contributed by atoms with Gasteiger partial charge >= 0.3 is 0 Å². The van der Waals surface area contributed by atoms with E-state index in [1.54, 1.807) is 0 Å². The van der Waals surface area contributed by atoms with Crippen LogP contribution in [0.25, 0.3) is 21.9 Å². The van der Waals surface area contributed by atoms with Crippen molar-refractivity contribution in [2.24, 2.45) is 0 Å². The van der Waals surface area contributed by atoms with Gasteiger partial charge in [0.15, 0.2) is 0 Å². The van der Waals surface area contributed by atoms with Crippen molar-refractivity contribution >= 4 is 90.5 Å². The first-order chi connectivity index (χ1) is 32.7. The van der Waals surface area contributed by atoms with Crippen LogP contribution >= 0.6 is 0 Å². The maximum atomic E-state index is 6.72. The summed E-state index contributed by atoms with van der Waals surface area (Å²) in [5.74, 6) is 0. The SMILES string of the molecule is Cc1cc(C)c2c(c1)N(c1cc3c4c(c1)N(c1ccc5c(c1)oc1ccccc15)c1cc(C(C)(C)C)ccc1B4c1ccc(C(C)(C)C)cc1N3c1cccc(C(C)(C)C)c1)C1(C)CCCCC21C. The molecule has 3 aliphatic heterocycles. The number of hydrogen-bond donors (Lipinski definition) is 0. The molecule has 1 aliphatic carbocycles. The fraction of sp³-hybridized carbons (Fsp3) is 0.344. The zero-order valence-corrected chi connectivity index (χ0v) is 43.3. The lowest BCUT2D eigenvalue weighted by molar-refractivity contribution is 0.194. The largest absolute Gasteiger partial charge is 0.456 e. The normalized spacial score (nSPS) is 19.7. The van der Waals surface area contributed by atoms with Gasteiger partial charge in [0.25, 0.3) is 6.71 Å². The highest BCUT2D eigenvalue weighted by Gasteiger charge is 2.59. The standard InChI is InChI=1S/C64H68BN3O/c1-39-31-40(2)58-53(32-39)68(64(13)30-17-16-29-63(58,64)12)46-36-54-59-55(37-46)67(45-25-26-48-47-21-14-15-22-56(47)69-57(48)38-45)52-35-43(62(9,10)11)24-28-50(52)65(59)49-27-23-42(61(6,7)8)34-51(49)66(54)44-20-18-19-41(33-44)60(3,4)5/h14-15,18-28,31-38H,16-17,29-30H2,1-13H3. The van der Waals surface area contributed by atoms with Gasteiger partial charge in [0.05, 0.1) is 5.54 Å². The Hall–Kier alpha value is -6.20. The maximum absolute atomic E-state index is 6.72. The van der Waals surface area contributed by atoms with Crippen LogP contribution in [0.15, 0.2) is 132 Å². The van der Waals surface area contributed by atoms with Gasteiger partial charge in [0, 0.05) is 67.8 Å².